The summed E-state index contributed by atoms with van der Waals surface area (Å²) in [5, 5.41) is 4.77. The first kappa shape index (κ1) is 16.5. The minimum atomic E-state index is -0.318. The number of allylic oxidation sites excluding steroid dienone is 2. The molecule has 0 amide bonds. The van der Waals surface area contributed by atoms with Gasteiger partial charge in [0.2, 0.25) is 0 Å². The fourth-order valence-corrected chi connectivity index (χ4v) is 4.33. The van der Waals surface area contributed by atoms with Gasteiger partial charge in [0.25, 0.3) is 0 Å². The third-order valence-electron chi connectivity index (χ3n) is 5.10. The normalized spacial score (nSPS) is 23.6. The van der Waals surface area contributed by atoms with Gasteiger partial charge >= 0.3 is 5.97 Å². The van der Waals surface area contributed by atoms with Crippen molar-refractivity contribution in [3.63, 3.8) is 0 Å². The molecule has 1 aliphatic carbocycles. The van der Waals surface area contributed by atoms with E-state index >= 15 is 0 Å². The highest BCUT2D eigenvalue weighted by Gasteiger charge is 2.39. The van der Waals surface area contributed by atoms with Crippen LogP contribution in [-0.4, -0.2) is 13.1 Å². The molecule has 1 N–H and O–H groups in total. The molecular weight excluding hydrogens is 357 g/mol. The van der Waals surface area contributed by atoms with Gasteiger partial charge in [-0.25, -0.2) is 4.79 Å². The Balaban J connectivity index is 1.79. The van der Waals surface area contributed by atoms with Crippen LogP contribution < -0.4 is 5.32 Å². The molecule has 1 heterocycles. The van der Waals surface area contributed by atoms with Gasteiger partial charge in [-0.1, -0.05) is 47.5 Å². The van der Waals surface area contributed by atoms with Crippen LogP contribution in [0.4, 0.5) is 5.69 Å². The molecule has 2 aromatic carbocycles. The SMILES string of the molecule is COC(=O)c1ccc2c(c1)[C@@H]1C=CC[C@@H]1[C@H](c1cccc(Cl)c1Cl)N2. The number of nitrogens with one attached hydrogen (secondary N) is 1. The molecule has 2 aromatic rings. The summed E-state index contributed by atoms with van der Waals surface area (Å²) < 4.78 is 4.85. The average molecular weight is 374 g/mol. The van der Waals surface area contributed by atoms with Gasteiger partial charge in [0.1, 0.15) is 0 Å². The highest BCUT2D eigenvalue weighted by molar-refractivity contribution is 6.42. The van der Waals surface area contributed by atoms with E-state index in [2.05, 4.69) is 17.5 Å². The third-order valence-corrected chi connectivity index (χ3v) is 5.93. The molecule has 5 heteroatoms. The van der Waals surface area contributed by atoms with Gasteiger partial charge in [0.15, 0.2) is 0 Å². The largest absolute Gasteiger partial charge is 0.465 e. The Morgan fingerprint density at radius 2 is 2.04 bits per heavy atom. The molecule has 25 heavy (non-hydrogen) atoms. The standard InChI is InChI=1S/C20H17Cl2NO2/c1-25-20(24)11-8-9-17-15(10-11)12-4-2-5-13(12)19(23-17)14-6-3-7-16(21)18(14)22/h2-4,6-10,12-13,19,23H,5H2,1H3/t12-,13+,19-/m1/s1. The first-order valence-electron chi connectivity index (χ1n) is 8.19. The zero-order valence-electron chi connectivity index (χ0n) is 13.6. The molecule has 0 unspecified atom stereocenters. The summed E-state index contributed by atoms with van der Waals surface area (Å²) in [5.74, 6) is 0.249. The van der Waals surface area contributed by atoms with E-state index in [4.69, 9.17) is 27.9 Å². The summed E-state index contributed by atoms with van der Waals surface area (Å²) in [6.45, 7) is 0. The molecule has 4 rings (SSSR count). The van der Waals surface area contributed by atoms with Gasteiger partial charge in [-0.05, 0) is 47.7 Å². The van der Waals surface area contributed by atoms with Crippen molar-refractivity contribution in [1.82, 2.24) is 0 Å². The van der Waals surface area contributed by atoms with E-state index in [1.807, 2.05) is 24.3 Å². The average Bonchev–Trinajstić information content (AvgIpc) is 3.12. The molecule has 3 atom stereocenters. The number of benzene rings is 2. The topological polar surface area (TPSA) is 38.3 Å². The predicted molar refractivity (Wildman–Crippen MR) is 101 cm³/mol. The van der Waals surface area contributed by atoms with Crippen LogP contribution >= 0.6 is 23.2 Å². The third kappa shape index (κ3) is 2.72. The Hall–Kier alpha value is -1.97. The molecule has 0 aromatic heterocycles. The maximum Gasteiger partial charge on any atom is 0.337 e. The Labute approximate surface area is 156 Å². The van der Waals surface area contributed by atoms with Gasteiger partial charge < -0.3 is 10.1 Å². The molecule has 3 nitrogen and oxygen atoms in total. The summed E-state index contributed by atoms with van der Waals surface area (Å²) >= 11 is 12.7. The summed E-state index contributed by atoms with van der Waals surface area (Å²) in [6.07, 6.45) is 5.37. The van der Waals surface area contributed by atoms with Crippen LogP contribution in [0.25, 0.3) is 0 Å². The van der Waals surface area contributed by atoms with Crippen molar-refractivity contribution in [3.05, 3.63) is 75.3 Å². The Morgan fingerprint density at radius 3 is 2.84 bits per heavy atom. The number of carbonyl (C=O) groups is 1. The second kappa shape index (κ2) is 6.40. The van der Waals surface area contributed by atoms with Crippen LogP contribution in [-0.2, 0) is 4.74 Å². The molecule has 0 saturated heterocycles. The van der Waals surface area contributed by atoms with Crippen LogP contribution in [0.1, 0.15) is 39.9 Å². The van der Waals surface area contributed by atoms with Crippen LogP contribution in [0.5, 0.6) is 0 Å². The molecular formula is C20H17Cl2NO2. The van der Waals surface area contributed by atoms with Crippen molar-refractivity contribution >= 4 is 34.9 Å². The monoisotopic (exact) mass is 373 g/mol. The second-order valence-corrected chi connectivity index (χ2v) is 7.20. The fourth-order valence-electron chi connectivity index (χ4n) is 3.91. The maximum absolute atomic E-state index is 11.9. The second-order valence-electron chi connectivity index (χ2n) is 6.41. The minimum Gasteiger partial charge on any atom is -0.465 e. The van der Waals surface area contributed by atoms with E-state index in [0.717, 1.165) is 23.2 Å². The Morgan fingerprint density at radius 1 is 1.20 bits per heavy atom. The predicted octanol–water partition coefficient (Wildman–Crippen LogP) is 5.61. The number of methoxy groups -OCH3 is 1. The molecule has 0 saturated carbocycles. The first-order chi connectivity index (χ1) is 12.1. The van der Waals surface area contributed by atoms with Gasteiger partial charge in [-0.15, -0.1) is 0 Å². The van der Waals surface area contributed by atoms with Crippen LogP contribution in [0, 0.1) is 5.92 Å². The van der Waals surface area contributed by atoms with Crippen molar-refractivity contribution in [2.24, 2.45) is 5.92 Å². The van der Waals surface area contributed by atoms with Crippen molar-refractivity contribution in [2.45, 2.75) is 18.4 Å². The van der Waals surface area contributed by atoms with E-state index in [0.29, 0.717) is 21.5 Å². The molecule has 2 aliphatic rings. The van der Waals surface area contributed by atoms with E-state index < -0.39 is 0 Å². The lowest BCUT2D eigenvalue weighted by Gasteiger charge is -2.38. The summed E-state index contributed by atoms with van der Waals surface area (Å²) in [7, 11) is 1.40. The number of carbonyl (C=O) groups excluding carboxylic acids is 1. The fraction of sp³-hybridized carbons (Fsp3) is 0.250. The lowest BCUT2D eigenvalue weighted by Crippen LogP contribution is -2.29. The molecule has 128 valence electrons. The summed E-state index contributed by atoms with van der Waals surface area (Å²) in [5.41, 5.74) is 3.72. The number of ether oxygens (including phenoxy) is 1. The lowest BCUT2D eigenvalue weighted by molar-refractivity contribution is 0.0600. The number of halogens is 2. The van der Waals surface area contributed by atoms with Crippen molar-refractivity contribution in [3.8, 4) is 0 Å². The quantitative estimate of drug-likeness (QED) is 0.549. The highest BCUT2D eigenvalue weighted by atomic mass is 35.5. The number of fused-ring (bicyclic) bond motifs is 3. The number of anilines is 1. The van der Waals surface area contributed by atoms with E-state index in [1.165, 1.54) is 7.11 Å². The number of rotatable bonds is 2. The summed E-state index contributed by atoms with van der Waals surface area (Å²) in [6, 6.07) is 11.5. The molecule has 0 spiro atoms. The maximum atomic E-state index is 11.9. The smallest absolute Gasteiger partial charge is 0.337 e. The van der Waals surface area contributed by atoms with E-state index in [1.54, 1.807) is 12.1 Å². The molecule has 0 fully saturated rings. The van der Waals surface area contributed by atoms with Crippen LogP contribution in [0.2, 0.25) is 10.0 Å². The van der Waals surface area contributed by atoms with Crippen molar-refractivity contribution in [1.29, 1.82) is 0 Å². The number of hydrogen-bond acceptors (Lipinski definition) is 3. The number of esters is 1. The number of hydrogen-bond donors (Lipinski definition) is 1. The van der Waals surface area contributed by atoms with Crippen LogP contribution in [0.3, 0.4) is 0 Å². The van der Waals surface area contributed by atoms with E-state index in [9.17, 15) is 4.79 Å². The van der Waals surface area contributed by atoms with Crippen molar-refractivity contribution in [2.75, 3.05) is 12.4 Å². The molecule has 1 aliphatic heterocycles. The summed E-state index contributed by atoms with van der Waals surface area (Å²) in [4.78, 5) is 11.9. The van der Waals surface area contributed by atoms with Crippen LogP contribution in [0.15, 0.2) is 48.6 Å². The Bertz CT molecular complexity index is 878. The first-order valence-corrected chi connectivity index (χ1v) is 8.95. The van der Waals surface area contributed by atoms with Gasteiger partial charge in [-0.2, -0.15) is 0 Å². The zero-order valence-corrected chi connectivity index (χ0v) is 15.1. The van der Waals surface area contributed by atoms with Crippen molar-refractivity contribution < 1.29 is 9.53 Å². The minimum absolute atomic E-state index is 0.0719. The van der Waals surface area contributed by atoms with Gasteiger partial charge in [-0.3, -0.25) is 0 Å². The Kier molecular flexibility index (Phi) is 4.22. The lowest BCUT2D eigenvalue weighted by atomic mass is 9.76. The zero-order chi connectivity index (χ0) is 17.6. The van der Waals surface area contributed by atoms with Gasteiger partial charge in [0, 0.05) is 11.6 Å². The molecule has 0 bridgehead atoms. The highest BCUT2D eigenvalue weighted by Crippen LogP contribution is 2.51. The van der Waals surface area contributed by atoms with Gasteiger partial charge in [0.05, 0.1) is 28.8 Å². The molecule has 0 radical (unpaired) electrons. The van der Waals surface area contributed by atoms with E-state index in [-0.39, 0.29) is 17.9 Å².